The van der Waals surface area contributed by atoms with Crippen LogP contribution in [0.1, 0.15) is 29.8 Å². The van der Waals surface area contributed by atoms with Crippen molar-refractivity contribution in [2.75, 3.05) is 19.3 Å². The van der Waals surface area contributed by atoms with Gasteiger partial charge in [0.15, 0.2) is 5.82 Å². The summed E-state index contributed by atoms with van der Waals surface area (Å²) in [7, 11) is 1.72. The molecule has 1 saturated heterocycles. The van der Waals surface area contributed by atoms with Crippen molar-refractivity contribution in [1.82, 2.24) is 14.9 Å². The minimum absolute atomic E-state index is 0.0360. The first-order chi connectivity index (χ1) is 13.6. The van der Waals surface area contributed by atoms with Crippen molar-refractivity contribution < 1.29 is 23.1 Å². The van der Waals surface area contributed by atoms with Crippen LogP contribution >= 0.6 is 0 Å². The summed E-state index contributed by atoms with van der Waals surface area (Å²) in [4.78, 5) is 26.1. The number of aliphatic imine (C=N–C) groups is 1. The maximum absolute atomic E-state index is 12.8. The average molecular weight is 407 g/mol. The van der Waals surface area contributed by atoms with Crippen LogP contribution in [-0.4, -0.2) is 51.7 Å². The van der Waals surface area contributed by atoms with E-state index in [1.807, 2.05) is 0 Å². The zero-order valence-corrected chi connectivity index (χ0v) is 15.9. The van der Waals surface area contributed by atoms with Crippen molar-refractivity contribution in [2.24, 2.45) is 4.99 Å². The maximum Gasteiger partial charge on any atom is 0.416 e. The Balaban J connectivity index is 1.86. The van der Waals surface area contributed by atoms with Crippen LogP contribution in [0.3, 0.4) is 0 Å². The van der Waals surface area contributed by atoms with Gasteiger partial charge in [-0.3, -0.25) is 9.79 Å². The highest BCUT2D eigenvalue weighted by atomic mass is 19.4. The van der Waals surface area contributed by atoms with E-state index >= 15 is 0 Å². The van der Waals surface area contributed by atoms with E-state index in [0.29, 0.717) is 36.8 Å². The number of phenolic OH excluding ortho intramolecular Hbond substituents is 1. The lowest BCUT2D eigenvalue weighted by Gasteiger charge is -2.27. The van der Waals surface area contributed by atoms with Crippen molar-refractivity contribution in [3.8, 4) is 17.0 Å². The van der Waals surface area contributed by atoms with E-state index < -0.39 is 17.5 Å². The number of hydrogen-bond acceptors (Lipinski definition) is 6. The molecule has 0 bridgehead atoms. The van der Waals surface area contributed by atoms with Crippen molar-refractivity contribution in [3.63, 3.8) is 0 Å². The van der Waals surface area contributed by atoms with Crippen molar-refractivity contribution in [1.29, 1.82) is 0 Å². The molecule has 1 fully saturated rings. The number of aromatic nitrogens is 2. The van der Waals surface area contributed by atoms with Gasteiger partial charge in [0.2, 0.25) is 5.91 Å². The fourth-order valence-electron chi connectivity index (χ4n) is 3.10. The Morgan fingerprint density at radius 2 is 2.07 bits per heavy atom. The number of piperidine rings is 1. The molecule has 0 radical (unpaired) electrons. The summed E-state index contributed by atoms with van der Waals surface area (Å²) < 4.78 is 38.4. The Morgan fingerprint density at radius 3 is 2.69 bits per heavy atom. The molecule has 7 nitrogen and oxygen atoms in total. The molecule has 0 aliphatic carbocycles. The Bertz CT molecular complexity index is 975. The van der Waals surface area contributed by atoms with Gasteiger partial charge in [-0.1, -0.05) is 0 Å². The van der Waals surface area contributed by atoms with Crippen LogP contribution in [0.4, 0.5) is 19.0 Å². The number of benzene rings is 1. The summed E-state index contributed by atoms with van der Waals surface area (Å²) in [6.45, 7) is 2.11. The first-order valence-corrected chi connectivity index (χ1v) is 8.88. The molecule has 0 saturated carbocycles. The lowest BCUT2D eigenvalue weighted by Crippen LogP contribution is -2.38. The van der Waals surface area contributed by atoms with Gasteiger partial charge in [-0.05, 0) is 31.5 Å². The third kappa shape index (κ3) is 4.47. The van der Waals surface area contributed by atoms with E-state index in [2.05, 4.69) is 15.0 Å². The molecule has 1 aliphatic rings. The smallest absolute Gasteiger partial charge is 0.416 e. The molecular formula is C19H20F3N5O2. The van der Waals surface area contributed by atoms with Crippen LogP contribution in [0.25, 0.3) is 11.3 Å². The van der Waals surface area contributed by atoms with Crippen LogP contribution < -0.4 is 5.73 Å². The Morgan fingerprint density at radius 1 is 1.34 bits per heavy atom. The minimum Gasteiger partial charge on any atom is -0.507 e. The molecule has 10 heteroatoms. The number of carbonyl (C=O) groups is 1. The number of likely N-dealkylation sites (N-methyl/N-ethyl adjacent to an activating group) is 1. The lowest BCUT2D eigenvalue weighted by molar-refractivity contribution is -0.137. The molecule has 1 amide bonds. The summed E-state index contributed by atoms with van der Waals surface area (Å²) in [5, 5.41) is 10.0. The fraction of sp³-hybridized carbons (Fsp3) is 0.368. The molecule has 2 aromatic rings. The van der Waals surface area contributed by atoms with Gasteiger partial charge in [-0.25, -0.2) is 9.97 Å². The zero-order chi connectivity index (χ0) is 21.3. The van der Waals surface area contributed by atoms with Gasteiger partial charge in [0.05, 0.1) is 29.2 Å². The number of halogens is 3. The highest BCUT2D eigenvalue weighted by Gasteiger charge is 2.31. The van der Waals surface area contributed by atoms with Crippen LogP contribution in [0, 0.1) is 6.92 Å². The summed E-state index contributed by atoms with van der Waals surface area (Å²) in [5.41, 5.74) is 5.98. The van der Waals surface area contributed by atoms with E-state index in [4.69, 9.17) is 5.73 Å². The third-order valence-corrected chi connectivity index (χ3v) is 4.72. The molecule has 1 aromatic heterocycles. The summed E-state index contributed by atoms with van der Waals surface area (Å²) in [6, 6.07) is 2.57. The number of alkyl halides is 3. The quantitative estimate of drug-likeness (QED) is 0.762. The molecule has 154 valence electrons. The molecule has 1 atom stereocenters. The number of anilines is 1. The maximum atomic E-state index is 12.8. The highest BCUT2D eigenvalue weighted by Crippen LogP contribution is 2.36. The molecule has 2 heterocycles. The summed E-state index contributed by atoms with van der Waals surface area (Å²) >= 11 is 0. The third-order valence-electron chi connectivity index (χ3n) is 4.72. The van der Waals surface area contributed by atoms with Crippen LogP contribution in [0.5, 0.6) is 5.75 Å². The number of carbonyl (C=O) groups excluding carboxylic acids is 1. The number of aryl methyl sites for hydroxylation is 1. The molecule has 3 N–H and O–H groups in total. The van der Waals surface area contributed by atoms with Gasteiger partial charge in [0, 0.05) is 25.6 Å². The van der Waals surface area contributed by atoms with Gasteiger partial charge < -0.3 is 15.7 Å². The largest absolute Gasteiger partial charge is 0.507 e. The number of amides is 1. The van der Waals surface area contributed by atoms with Crippen molar-refractivity contribution in [2.45, 2.75) is 32.0 Å². The monoisotopic (exact) mass is 407 g/mol. The van der Waals surface area contributed by atoms with Crippen LogP contribution in [0.15, 0.2) is 23.2 Å². The standard InChI is InChI=1S/C19H20F3N5O2/c1-10-17(13-5-3-11(7-15(13)28)19(20,21)22)26-18(23)14(25-10)8-24-12-4-6-16(29)27(2)9-12/h3,5,7-8,12,28H,4,6,9H2,1-2H3,(H2,23,26). The first kappa shape index (κ1) is 20.6. The first-order valence-electron chi connectivity index (χ1n) is 8.88. The second-order valence-electron chi connectivity index (χ2n) is 6.90. The molecule has 29 heavy (non-hydrogen) atoms. The second-order valence-corrected chi connectivity index (χ2v) is 6.90. The number of phenols is 1. The number of rotatable bonds is 3. The van der Waals surface area contributed by atoms with Crippen LogP contribution in [0.2, 0.25) is 0 Å². The Kier molecular flexibility index (Phi) is 5.45. The van der Waals surface area contributed by atoms with Gasteiger partial charge in [0.1, 0.15) is 11.4 Å². The lowest BCUT2D eigenvalue weighted by atomic mass is 10.1. The predicted molar refractivity (Wildman–Crippen MR) is 102 cm³/mol. The van der Waals surface area contributed by atoms with Gasteiger partial charge in [-0.15, -0.1) is 0 Å². The van der Waals surface area contributed by atoms with Crippen molar-refractivity contribution >= 4 is 17.9 Å². The van der Waals surface area contributed by atoms with E-state index in [0.717, 1.165) is 12.1 Å². The normalized spacial score (nSPS) is 17.9. The topological polar surface area (TPSA) is 105 Å². The second kappa shape index (κ2) is 7.69. The van der Waals surface area contributed by atoms with Gasteiger partial charge >= 0.3 is 6.18 Å². The van der Waals surface area contributed by atoms with Gasteiger partial charge in [-0.2, -0.15) is 13.2 Å². The summed E-state index contributed by atoms with van der Waals surface area (Å²) in [6.07, 6.45) is -2.03. The predicted octanol–water partition coefficient (Wildman–Crippen LogP) is 2.80. The van der Waals surface area contributed by atoms with E-state index in [1.165, 1.54) is 6.21 Å². The average Bonchev–Trinajstić information content (AvgIpc) is 2.64. The van der Waals surface area contributed by atoms with E-state index in [1.54, 1.807) is 18.9 Å². The number of hydrogen-bond donors (Lipinski definition) is 2. The Labute approximate surface area is 165 Å². The minimum atomic E-state index is -4.56. The number of likely N-dealkylation sites (tertiary alicyclic amines) is 1. The fourth-order valence-corrected chi connectivity index (χ4v) is 3.10. The number of nitrogens with two attached hydrogens (primary N) is 1. The number of nitrogen functional groups attached to an aromatic ring is 1. The molecule has 1 aromatic carbocycles. The Hall–Kier alpha value is -3.17. The highest BCUT2D eigenvalue weighted by molar-refractivity contribution is 5.85. The van der Waals surface area contributed by atoms with Crippen molar-refractivity contribution in [3.05, 3.63) is 35.2 Å². The van der Waals surface area contributed by atoms with Gasteiger partial charge in [0.25, 0.3) is 0 Å². The van der Waals surface area contributed by atoms with Crippen LogP contribution in [-0.2, 0) is 11.0 Å². The zero-order valence-electron chi connectivity index (χ0n) is 15.9. The molecule has 1 aliphatic heterocycles. The number of nitrogens with zero attached hydrogens (tertiary/aromatic N) is 4. The summed E-state index contributed by atoms with van der Waals surface area (Å²) in [5.74, 6) is -0.450. The molecule has 3 rings (SSSR count). The van der Waals surface area contributed by atoms with E-state index in [-0.39, 0.29) is 29.0 Å². The molecule has 1 unspecified atom stereocenters. The molecular weight excluding hydrogens is 387 g/mol. The number of aromatic hydroxyl groups is 1. The molecule has 0 spiro atoms. The SMILES string of the molecule is Cc1nc(C=NC2CCC(=O)N(C)C2)c(N)nc1-c1ccc(C(F)(F)F)cc1O. The van der Waals surface area contributed by atoms with E-state index in [9.17, 15) is 23.1 Å².